The van der Waals surface area contributed by atoms with Crippen LogP contribution in [0.1, 0.15) is 47.9 Å². The first-order chi connectivity index (χ1) is 11.5. The molecule has 1 N–H and O–H groups in total. The predicted octanol–water partition coefficient (Wildman–Crippen LogP) is 5.82. The van der Waals surface area contributed by atoms with Gasteiger partial charge in [0.1, 0.15) is 0 Å². The van der Waals surface area contributed by atoms with Crippen molar-refractivity contribution in [3.8, 4) is 0 Å². The van der Waals surface area contributed by atoms with Crippen molar-refractivity contribution in [1.82, 2.24) is 0 Å². The lowest BCUT2D eigenvalue weighted by molar-refractivity contribution is -0.121. The standard InChI is InChI=1S/C21H24BrNO/c1-14-13-15(2)19(16(3)18(14)22)23-20(24)21(11-7-8-12-21)17-9-5-4-6-10-17/h4-6,9-10,13H,7-8,11-12H2,1-3H3,(H,23,24). The van der Waals surface area contributed by atoms with Gasteiger partial charge in [-0.3, -0.25) is 4.79 Å². The van der Waals surface area contributed by atoms with Crippen molar-refractivity contribution in [2.75, 3.05) is 5.32 Å². The van der Waals surface area contributed by atoms with Crippen molar-refractivity contribution >= 4 is 27.5 Å². The van der Waals surface area contributed by atoms with E-state index < -0.39 is 5.41 Å². The van der Waals surface area contributed by atoms with Gasteiger partial charge in [-0.25, -0.2) is 0 Å². The van der Waals surface area contributed by atoms with Crippen molar-refractivity contribution in [2.45, 2.75) is 51.9 Å². The largest absolute Gasteiger partial charge is 0.325 e. The minimum atomic E-state index is -0.391. The van der Waals surface area contributed by atoms with Crippen LogP contribution in [0.2, 0.25) is 0 Å². The molecule has 0 saturated heterocycles. The van der Waals surface area contributed by atoms with Gasteiger partial charge in [-0.05, 0) is 55.9 Å². The first-order valence-corrected chi connectivity index (χ1v) is 9.38. The summed E-state index contributed by atoms with van der Waals surface area (Å²) in [5.74, 6) is 0.133. The van der Waals surface area contributed by atoms with Crippen LogP contribution in [0, 0.1) is 20.8 Å². The van der Waals surface area contributed by atoms with Crippen molar-refractivity contribution in [1.29, 1.82) is 0 Å². The monoisotopic (exact) mass is 385 g/mol. The highest BCUT2D eigenvalue weighted by atomic mass is 79.9. The zero-order chi connectivity index (χ0) is 17.3. The lowest BCUT2D eigenvalue weighted by Gasteiger charge is -2.29. The van der Waals surface area contributed by atoms with E-state index in [2.05, 4.69) is 60.2 Å². The fourth-order valence-electron chi connectivity index (χ4n) is 3.97. The van der Waals surface area contributed by atoms with Crippen LogP contribution < -0.4 is 5.32 Å². The Bertz CT molecular complexity index is 761. The van der Waals surface area contributed by atoms with E-state index in [0.29, 0.717) is 0 Å². The molecule has 1 saturated carbocycles. The van der Waals surface area contributed by atoms with Gasteiger partial charge >= 0.3 is 0 Å². The van der Waals surface area contributed by atoms with E-state index in [-0.39, 0.29) is 5.91 Å². The molecule has 1 aliphatic carbocycles. The highest BCUT2D eigenvalue weighted by Gasteiger charge is 2.42. The summed E-state index contributed by atoms with van der Waals surface area (Å²) >= 11 is 3.64. The third-order valence-corrected chi connectivity index (χ3v) is 6.55. The summed E-state index contributed by atoms with van der Waals surface area (Å²) in [4.78, 5) is 13.3. The van der Waals surface area contributed by atoms with Crippen molar-refractivity contribution in [2.24, 2.45) is 0 Å². The minimum absolute atomic E-state index is 0.133. The molecule has 0 aromatic heterocycles. The molecule has 3 heteroatoms. The molecule has 0 aliphatic heterocycles. The second-order valence-electron chi connectivity index (χ2n) is 6.93. The molecule has 2 aromatic carbocycles. The number of amides is 1. The molecule has 1 amide bonds. The molecule has 1 aliphatic rings. The normalized spacial score (nSPS) is 16.2. The third kappa shape index (κ3) is 2.90. The summed E-state index contributed by atoms with van der Waals surface area (Å²) in [6.07, 6.45) is 4.07. The zero-order valence-corrected chi connectivity index (χ0v) is 16.2. The van der Waals surface area contributed by atoms with E-state index >= 15 is 0 Å². The molecule has 0 bridgehead atoms. The average Bonchev–Trinajstić information content (AvgIpc) is 3.08. The maximum Gasteiger partial charge on any atom is 0.235 e. The number of halogens is 1. The van der Waals surface area contributed by atoms with E-state index in [9.17, 15) is 4.79 Å². The van der Waals surface area contributed by atoms with Crippen LogP contribution in [0.15, 0.2) is 40.9 Å². The van der Waals surface area contributed by atoms with Gasteiger partial charge in [0.15, 0.2) is 0 Å². The number of carbonyl (C=O) groups excluding carboxylic acids is 1. The van der Waals surface area contributed by atoms with Crippen molar-refractivity contribution in [3.63, 3.8) is 0 Å². The number of nitrogens with one attached hydrogen (secondary N) is 1. The minimum Gasteiger partial charge on any atom is -0.325 e. The lowest BCUT2D eigenvalue weighted by atomic mass is 9.78. The molecule has 24 heavy (non-hydrogen) atoms. The molecule has 2 nitrogen and oxygen atoms in total. The second kappa shape index (κ2) is 6.72. The predicted molar refractivity (Wildman–Crippen MR) is 104 cm³/mol. The molecule has 2 aromatic rings. The Balaban J connectivity index is 1.98. The number of hydrogen-bond donors (Lipinski definition) is 1. The fourth-order valence-corrected chi connectivity index (χ4v) is 4.28. The number of anilines is 1. The van der Waals surface area contributed by atoms with Gasteiger partial charge in [0.25, 0.3) is 0 Å². The average molecular weight is 386 g/mol. The Morgan fingerprint density at radius 1 is 1.04 bits per heavy atom. The van der Waals surface area contributed by atoms with Crippen LogP contribution in [0.25, 0.3) is 0 Å². The number of aryl methyl sites for hydroxylation is 2. The summed E-state index contributed by atoms with van der Waals surface area (Å²) in [5.41, 5.74) is 5.10. The van der Waals surface area contributed by atoms with E-state index in [1.807, 2.05) is 18.2 Å². The quantitative estimate of drug-likeness (QED) is 0.707. The Morgan fingerprint density at radius 2 is 1.67 bits per heavy atom. The Hall–Kier alpha value is -1.61. The smallest absolute Gasteiger partial charge is 0.235 e. The highest BCUT2D eigenvalue weighted by molar-refractivity contribution is 9.10. The molecular formula is C21H24BrNO. The molecule has 0 radical (unpaired) electrons. The van der Waals surface area contributed by atoms with Crippen LogP contribution in [-0.2, 0) is 10.2 Å². The van der Waals surface area contributed by atoms with E-state index in [0.717, 1.165) is 52.5 Å². The Morgan fingerprint density at radius 3 is 2.29 bits per heavy atom. The van der Waals surface area contributed by atoms with E-state index in [1.54, 1.807) is 0 Å². The van der Waals surface area contributed by atoms with Gasteiger partial charge in [-0.15, -0.1) is 0 Å². The number of hydrogen-bond acceptors (Lipinski definition) is 1. The van der Waals surface area contributed by atoms with Gasteiger partial charge in [0.05, 0.1) is 5.41 Å². The summed E-state index contributed by atoms with van der Waals surface area (Å²) in [5, 5.41) is 3.26. The summed E-state index contributed by atoms with van der Waals surface area (Å²) in [6, 6.07) is 12.4. The maximum absolute atomic E-state index is 13.3. The Labute approximate surface area is 152 Å². The highest BCUT2D eigenvalue weighted by Crippen LogP contribution is 2.42. The SMILES string of the molecule is Cc1cc(C)c(NC(=O)C2(c3ccccc3)CCCC2)c(C)c1Br. The zero-order valence-electron chi connectivity index (χ0n) is 14.6. The molecule has 0 unspecified atom stereocenters. The fraction of sp³-hybridized carbons (Fsp3) is 0.381. The number of benzene rings is 2. The van der Waals surface area contributed by atoms with Gasteiger partial charge in [-0.1, -0.05) is 65.2 Å². The van der Waals surface area contributed by atoms with Crippen LogP contribution >= 0.6 is 15.9 Å². The first kappa shape index (κ1) is 17.2. The number of carbonyl (C=O) groups is 1. The van der Waals surface area contributed by atoms with Crippen molar-refractivity contribution in [3.05, 3.63) is 63.1 Å². The Kier molecular flexibility index (Phi) is 4.82. The van der Waals surface area contributed by atoms with Gasteiger partial charge in [0.2, 0.25) is 5.91 Å². The first-order valence-electron chi connectivity index (χ1n) is 8.59. The molecule has 0 spiro atoms. The van der Waals surface area contributed by atoms with Crippen molar-refractivity contribution < 1.29 is 4.79 Å². The molecule has 1 fully saturated rings. The van der Waals surface area contributed by atoms with E-state index in [4.69, 9.17) is 0 Å². The maximum atomic E-state index is 13.3. The molecule has 0 heterocycles. The summed E-state index contributed by atoms with van der Waals surface area (Å²) < 4.78 is 1.07. The van der Waals surface area contributed by atoms with Gasteiger partial charge < -0.3 is 5.32 Å². The van der Waals surface area contributed by atoms with E-state index in [1.165, 1.54) is 5.56 Å². The second-order valence-corrected chi connectivity index (χ2v) is 7.73. The molecular weight excluding hydrogens is 362 g/mol. The van der Waals surface area contributed by atoms with Gasteiger partial charge in [-0.2, -0.15) is 0 Å². The summed E-state index contributed by atoms with van der Waals surface area (Å²) in [7, 11) is 0. The van der Waals surface area contributed by atoms with Crippen LogP contribution in [-0.4, -0.2) is 5.91 Å². The molecule has 3 rings (SSSR count). The molecule has 0 atom stereocenters. The van der Waals surface area contributed by atoms with Crippen LogP contribution in [0.3, 0.4) is 0 Å². The van der Waals surface area contributed by atoms with Gasteiger partial charge in [0, 0.05) is 10.2 Å². The third-order valence-electron chi connectivity index (χ3n) is 5.33. The molecule has 126 valence electrons. The topological polar surface area (TPSA) is 29.1 Å². The van der Waals surface area contributed by atoms with Crippen LogP contribution in [0.4, 0.5) is 5.69 Å². The number of rotatable bonds is 3. The summed E-state index contributed by atoms with van der Waals surface area (Å²) in [6.45, 7) is 6.20. The lowest BCUT2D eigenvalue weighted by Crippen LogP contribution is -2.38. The van der Waals surface area contributed by atoms with Crippen LogP contribution in [0.5, 0.6) is 0 Å².